The van der Waals surface area contributed by atoms with Gasteiger partial charge in [-0.3, -0.25) is 10.7 Å². The minimum atomic E-state index is -3.97. The van der Waals surface area contributed by atoms with Gasteiger partial charge < -0.3 is 15.2 Å². The second-order valence-corrected chi connectivity index (χ2v) is 13.3. The quantitative estimate of drug-likeness (QED) is 0.0960. The van der Waals surface area contributed by atoms with Crippen LogP contribution in [0.2, 0.25) is 0 Å². The number of nitrogens with two attached hydrogens (primary N) is 1. The smallest absolute Gasteiger partial charge is 0.413 e. The van der Waals surface area contributed by atoms with Crippen molar-refractivity contribution in [1.29, 1.82) is 5.41 Å². The molecule has 0 bridgehead atoms. The Balaban J connectivity index is 1.45. The number of carboxylic acid groups (broad SMARTS) is 1. The molecule has 47 heavy (non-hydrogen) atoms. The van der Waals surface area contributed by atoms with E-state index >= 15 is 0 Å². The molecule has 0 aliphatic heterocycles. The van der Waals surface area contributed by atoms with Crippen LogP contribution in [0.4, 0.5) is 9.59 Å². The SMILES string of the molecule is N=C(NC(=O)OCc1ccccc1)c1cccc(CC(NC(=O)O)(c2ccc(-c3ccccc3S(N)(=O)=O)cc2)C2CCCCC2)c1. The summed E-state index contributed by atoms with van der Waals surface area (Å²) in [6.07, 6.45) is 3.02. The molecule has 11 heteroatoms. The number of ether oxygens (including phenoxy) is 1. The van der Waals surface area contributed by atoms with E-state index in [1.54, 1.807) is 48.5 Å². The van der Waals surface area contributed by atoms with Gasteiger partial charge >= 0.3 is 12.2 Å². The lowest BCUT2D eigenvalue weighted by Crippen LogP contribution is -2.53. The summed E-state index contributed by atoms with van der Waals surface area (Å²) < 4.78 is 29.8. The third-order valence-corrected chi connectivity index (χ3v) is 9.64. The zero-order chi connectivity index (χ0) is 33.4. The third kappa shape index (κ3) is 8.24. The number of hydrogen-bond acceptors (Lipinski definition) is 6. The molecule has 1 atom stereocenters. The molecule has 244 valence electrons. The minimum Gasteiger partial charge on any atom is -0.465 e. The van der Waals surface area contributed by atoms with Crippen molar-refractivity contribution in [3.05, 3.63) is 125 Å². The predicted octanol–water partition coefficient (Wildman–Crippen LogP) is 6.54. The molecule has 1 fully saturated rings. The summed E-state index contributed by atoms with van der Waals surface area (Å²) in [6, 6.07) is 30.1. The fourth-order valence-corrected chi connectivity index (χ4v) is 7.24. The molecule has 1 saturated carbocycles. The number of primary sulfonamides is 1. The Morgan fingerprint density at radius 2 is 1.53 bits per heavy atom. The van der Waals surface area contributed by atoms with Gasteiger partial charge in [-0.15, -0.1) is 0 Å². The van der Waals surface area contributed by atoms with E-state index < -0.39 is 27.7 Å². The summed E-state index contributed by atoms with van der Waals surface area (Å²) >= 11 is 0. The Labute approximate surface area is 274 Å². The van der Waals surface area contributed by atoms with Crippen LogP contribution in [0.25, 0.3) is 11.1 Å². The monoisotopic (exact) mass is 654 g/mol. The molecule has 0 spiro atoms. The van der Waals surface area contributed by atoms with Gasteiger partial charge in [0.1, 0.15) is 12.4 Å². The zero-order valence-electron chi connectivity index (χ0n) is 25.8. The maximum Gasteiger partial charge on any atom is 0.413 e. The lowest BCUT2D eigenvalue weighted by molar-refractivity contribution is 0.133. The minimum absolute atomic E-state index is 0.00627. The van der Waals surface area contributed by atoms with Gasteiger partial charge in [0.2, 0.25) is 10.0 Å². The molecule has 4 aromatic carbocycles. The van der Waals surface area contributed by atoms with Crippen molar-refractivity contribution in [3.8, 4) is 11.1 Å². The van der Waals surface area contributed by atoms with Crippen LogP contribution in [-0.2, 0) is 33.3 Å². The number of sulfonamides is 1. The highest BCUT2D eigenvalue weighted by molar-refractivity contribution is 7.89. The number of nitrogens with one attached hydrogen (secondary N) is 3. The average Bonchev–Trinajstić information content (AvgIpc) is 3.07. The second kappa shape index (κ2) is 14.6. The molecule has 1 aliphatic rings. The summed E-state index contributed by atoms with van der Waals surface area (Å²) in [4.78, 5) is 24.9. The van der Waals surface area contributed by atoms with Gasteiger partial charge in [-0.05, 0) is 53.1 Å². The highest BCUT2D eigenvalue weighted by Gasteiger charge is 2.42. The Kier molecular flexibility index (Phi) is 10.4. The Bertz CT molecular complexity index is 1840. The molecular weight excluding hydrogens is 616 g/mol. The van der Waals surface area contributed by atoms with Crippen LogP contribution in [-0.4, -0.2) is 31.5 Å². The molecule has 1 aliphatic carbocycles. The van der Waals surface area contributed by atoms with Gasteiger partial charge in [0.15, 0.2) is 0 Å². The van der Waals surface area contributed by atoms with Crippen molar-refractivity contribution >= 4 is 28.0 Å². The van der Waals surface area contributed by atoms with Crippen LogP contribution < -0.4 is 15.8 Å². The van der Waals surface area contributed by atoms with Crippen molar-refractivity contribution < 1.29 is 27.9 Å². The molecule has 0 saturated heterocycles. The van der Waals surface area contributed by atoms with E-state index in [9.17, 15) is 23.1 Å². The summed E-state index contributed by atoms with van der Waals surface area (Å²) in [5.41, 5.74) is 2.85. The summed E-state index contributed by atoms with van der Waals surface area (Å²) in [6.45, 7) is 0.0666. The first kappa shape index (κ1) is 33.4. The van der Waals surface area contributed by atoms with Crippen LogP contribution in [0.5, 0.6) is 0 Å². The summed E-state index contributed by atoms with van der Waals surface area (Å²) in [7, 11) is -3.97. The van der Waals surface area contributed by atoms with E-state index in [-0.39, 0.29) is 29.7 Å². The van der Waals surface area contributed by atoms with Crippen LogP contribution in [0.1, 0.15) is 54.4 Å². The van der Waals surface area contributed by atoms with Gasteiger partial charge in [-0.2, -0.15) is 0 Å². The summed E-state index contributed by atoms with van der Waals surface area (Å²) in [5.74, 6) is -0.165. The molecule has 1 unspecified atom stereocenters. The number of rotatable bonds is 10. The number of carbonyl (C=O) groups is 2. The standard InChI is InChI=1S/C36H38N4O6S/c37-33(39-35(43)46-24-25-10-3-1-4-11-25)28-13-9-12-26(22-28)23-36(40-34(41)42,29-14-5-2-6-15-29)30-20-18-27(19-21-30)31-16-7-8-17-32(31)47(38,44)45/h1,3-4,7-13,16-22,29,40H,2,5-6,14-15,23-24H2,(H,41,42)(H2,37,39,43)(H2,38,44,45). The molecule has 2 amide bonds. The molecule has 0 aromatic heterocycles. The first-order valence-electron chi connectivity index (χ1n) is 15.4. The van der Waals surface area contributed by atoms with Gasteiger partial charge in [0, 0.05) is 17.5 Å². The van der Waals surface area contributed by atoms with Crippen molar-refractivity contribution in [2.24, 2.45) is 11.1 Å². The number of amides is 2. The second-order valence-electron chi connectivity index (χ2n) is 11.8. The van der Waals surface area contributed by atoms with E-state index in [0.717, 1.165) is 48.8 Å². The Morgan fingerprint density at radius 3 is 2.21 bits per heavy atom. The lowest BCUT2D eigenvalue weighted by atomic mass is 9.68. The molecule has 0 radical (unpaired) electrons. The number of carbonyl (C=O) groups excluding carboxylic acids is 1. The molecule has 6 N–H and O–H groups in total. The zero-order valence-corrected chi connectivity index (χ0v) is 26.6. The normalized spacial score (nSPS) is 14.8. The highest BCUT2D eigenvalue weighted by Crippen LogP contribution is 2.43. The maximum absolute atomic E-state index is 12.4. The number of benzene rings is 4. The number of alkyl carbamates (subject to hydrolysis) is 1. The van der Waals surface area contributed by atoms with Crippen LogP contribution in [0.3, 0.4) is 0 Å². The molecule has 4 aromatic rings. The first-order valence-corrected chi connectivity index (χ1v) is 17.0. The fourth-order valence-electron chi connectivity index (χ4n) is 6.48. The van der Waals surface area contributed by atoms with E-state index in [1.807, 2.05) is 48.5 Å². The first-order chi connectivity index (χ1) is 22.5. The van der Waals surface area contributed by atoms with Gasteiger partial charge in [-0.1, -0.05) is 110 Å². The largest absolute Gasteiger partial charge is 0.465 e. The van der Waals surface area contributed by atoms with E-state index in [1.165, 1.54) is 6.07 Å². The highest BCUT2D eigenvalue weighted by atomic mass is 32.2. The Morgan fingerprint density at radius 1 is 0.872 bits per heavy atom. The van der Waals surface area contributed by atoms with E-state index in [2.05, 4.69) is 10.6 Å². The number of amidine groups is 1. The molecule has 5 rings (SSSR count). The van der Waals surface area contributed by atoms with Gasteiger partial charge in [0.05, 0.1) is 10.4 Å². The fraction of sp³-hybridized carbons (Fsp3) is 0.250. The predicted molar refractivity (Wildman–Crippen MR) is 179 cm³/mol. The van der Waals surface area contributed by atoms with E-state index in [0.29, 0.717) is 16.7 Å². The third-order valence-electron chi connectivity index (χ3n) is 8.68. The van der Waals surface area contributed by atoms with Crippen molar-refractivity contribution in [2.45, 2.75) is 55.6 Å². The lowest BCUT2D eigenvalue weighted by Gasteiger charge is -2.43. The molecular formula is C36H38N4O6S. The van der Waals surface area contributed by atoms with Crippen LogP contribution in [0.15, 0.2) is 108 Å². The van der Waals surface area contributed by atoms with E-state index in [4.69, 9.17) is 15.3 Å². The Hall–Kier alpha value is -5.00. The molecule has 0 heterocycles. The van der Waals surface area contributed by atoms with Crippen molar-refractivity contribution in [3.63, 3.8) is 0 Å². The average molecular weight is 655 g/mol. The molecule has 10 nitrogen and oxygen atoms in total. The van der Waals surface area contributed by atoms with Gasteiger partial charge in [0.25, 0.3) is 0 Å². The maximum atomic E-state index is 12.4. The van der Waals surface area contributed by atoms with Crippen LogP contribution in [0, 0.1) is 11.3 Å². The van der Waals surface area contributed by atoms with Gasteiger partial charge in [-0.25, -0.2) is 23.1 Å². The van der Waals surface area contributed by atoms with Crippen molar-refractivity contribution in [1.82, 2.24) is 10.6 Å². The number of hydrogen-bond donors (Lipinski definition) is 5. The van der Waals surface area contributed by atoms with Crippen LogP contribution >= 0.6 is 0 Å². The topological polar surface area (TPSA) is 172 Å². The van der Waals surface area contributed by atoms with Crippen molar-refractivity contribution in [2.75, 3.05) is 0 Å². The summed E-state index contributed by atoms with van der Waals surface area (Å²) in [5, 5.41) is 29.6.